The first-order valence-corrected chi connectivity index (χ1v) is 12.5. The summed E-state index contributed by atoms with van der Waals surface area (Å²) in [4.78, 5) is 0.575. The van der Waals surface area contributed by atoms with Crippen LogP contribution in [0.4, 0.5) is 0 Å². The van der Waals surface area contributed by atoms with Gasteiger partial charge in [0.05, 0.1) is 9.79 Å². The maximum atomic E-state index is 13.3. The zero-order chi connectivity index (χ0) is 21.6. The first-order chi connectivity index (χ1) is 13.4. The lowest BCUT2D eigenvalue weighted by Crippen LogP contribution is -2.55. The Bertz CT molecular complexity index is 1140. The topological polar surface area (TPSA) is 74.8 Å². The fourth-order valence-electron chi connectivity index (χ4n) is 3.72. The maximum absolute atomic E-state index is 13.3. The van der Waals surface area contributed by atoms with Gasteiger partial charge in [0.1, 0.15) is 0 Å². The summed E-state index contributed by atoms with van der Waals surface area (Å²) in [6, 6.07) is 10.2. The molecule has 1 unspecified atom stereocenters. The predicted octanol–water partition coefficient (Wildman–Crippen LogP) is 3.00. The van der Waals surface area contributed by atoms with Crippen LogP contribution in [0.15, 0.2) is 46.2 Å². The quantitative estimate of drug-likeness (QED) is 0.738. The lowest BCUT2D eigenvalue weighted by molar-refractivity contribution is 0.212. The minimum Gasteiger partial charge on any atom is -0.207 e. The number of hydrogen-bond donors (Lipinski definition) is 0. The molecule has 1 fully saturated rings. The molecule has 1 heterocycles. The van der Waals surface area contributed by atoms with Crippen LogP contribution in [0.25, 0.3) is 0 Å². The van der Waals surface area contributed by atoms with Gasteiger partial charge in [-0.1, -0.05) is 24.3 Å². The molecule has 0 N–H and O–H groups in total. The van der Waals surface area contributed by atoms with Crippen molar-refractivity contribution in [2.24, 2.45) is 0 Å². The van der Waals surface area contributed by atoms with E-state index in [4.69, 9.17) is 0 Å². The van der Waals surface area contributed by atoms with Crippen LogP contribution in [0.2, 0.25) is 0 Å². The van der Waals surface area contributed by atoms with Gasteiger partial charge in [0.15, 0.2) is 0 Å². The summed E-state index contributed by atoms with van der Waals surface area (Å²) in [6.07, 6.45) is 0. The van der Waals surface area contributed by atoms with Gasteiger partial charge in [0.2, 0.25) is 20.0 Å². The van der Waals surface area contributed by atoms with Gasteiger partial charge in [0.25, 0.3) is 0 Å². The molecule has 0 aromatic heterocycles. The van der Waals surface area contributed by atoms with E-state index in [1.54, 1.807) is 45.0 Å². The van der Waals surface area contributed by atoms with Crippen molar-refractivity contribution in [3.63, 3.8) is 0 Å². The smallest absolute Gasteiger partial charge is 0.207 e. The largest absolute Gasteiger partial charge is 0.243 e. The van der Waals surface area contributed by atoms with Crippen molar-refractivity contribution in [1.29, 1.82) is 0 Å². The maximum Gasteiger partial charge on any atom is 0.243 e. The summed E-state index contributed by atoms with van der Waals surface area (Å²) in [7, 11) is -7.39. The number of piperazine rings is 1. The number of sulfonamides is 2. The molecular formula is C21H28N2O4S2. The van der Waals surface area contributed by atoms with Crippen molar-refractivity contribution in [3.8, 4) is 0 Å². The van der Waals surface area contributed by atoms with Gasteiger partial charge in [-0.2, -0.15) is 8.61 Å². The van der Waals surface area contributed by atoms with E-state index in [1.165, 1.54) is 8.61 Å². The van der Waals surface area contributed by atoms with Crippen molar-refractivity contribution >= 4 is 20.0 Å². The molecule has 0 amide bonds. The first-order valence-electron chi connectivity index (χ1n) is 9.61. The summed E-state index contributed by atoms with van der Waals surface area (Å²) in [5.74, 6) is 0. The van der Waals surface area contributed by atoms with Crippen LogP contribution in [0.5, 0.6) is 0 Å². The second-order valence-electron chi connectivity index (χ2n) is 7.87. The molecule has 0 aliphatic carbocycles. The highest BCUT2D eigenvalue weighted by Crippen LogP contribution is 2.28. The van der Waals surface area contributed by atoms with Gasteiger partial charge < -0.3 is 0 Å². The zero-order valence-corrected chi connectivity index (χ0v) is 19.1. The predicted molar refractivity (Wildman–Crippen MR) is 114 cm³/mol. The lowest BCUT2D eigenvalue weighted by Gasteiger charge is -2.38. The zero-order valence-electron chi connectivity index (χ0n) is 17.5. The van der Waals surface area contributed by atoms with Crippen LogP contribution in [-0.4, -0.2) is 51.1 Å². The summed E-state index contributed by atoms with van der Waals surface area (Å²) in [6.45, 7) is 9.40. The summed E-state index contributed by atoms with van der Waals surface area (Å²) in [5, 5.41) is 0. The monoisotopic (exact) mass is 436 g/mol. The van der Waals surface area contributed by atoms with Crippen LogP contribution in [0, 0.1) is 27.7 Å². The molecule has 1 saturated heterocycles. The summed E-state index contributed by atoms with van der Waals surface area (Å²) >= 11 is 0. The van der Waals surface area contributed by atoms with Crippen molar-refractivity contribution in [2.75, 3.05) is 19.6 Å². The molecule has 2 aromatic carbocycles. The van der Waals surface area contributed by atoms with E-state index in [2.05, 4.69) is 0 Å². The summed E-state index contributed by atoms with van der Waals surface area (Å²) in [5.41, 5.74) is 3.12. The fraction of sp³-hybridized carbons (Fsp3) is 0.429. The van der Waals surface area contributed by atoms with Crippen molar-refractivity contribution in [2.45, 2.75) is 50.5 Å². The second kappa shape index (κ2) is 7.83. The average Bonchev–Trinajstić information content (AvgIpc) is 2.65. The molecule has 3 rings (SSSR count). The Labute approximate surface area is 174 Å². The van der Waals surface area contributed by atoms with Gasteiger partial charge >= 0.3 is 0 Å². The normalized spacial score (nSPS) is 19.4. The van der Waals surface area contributed by atoms with Crippen molar-refractivity contribution in [3.05, 3.63) is 58.7 Å². The Morgan fingerprint density at radius 1 is 0.759 bits per heavy atom. The minimum atomic E-state index is -3.70. The van der Waals surface area contributed by atoms with Crippen molar-refractivity contribution < 1.29 is 16.8 Å². The van der Waals surface area contributed by atoms with Crippen LogP contribution in [0.3, 0.4) is 0 Å². The fourth-order valence-corrected chi connectivity index (χ4v) is 7.47. The van der Waals surface area contributed by atoms with Gasteiger partial charge in [-0.05, 0) is 69.0 Å². The van der Waals surface area contributed by atoms with E-state index >= 15 is 0 Å². The van der Waals surface area contributed by atoms with Crippen LogP contribution < -0.4 is 0 Å². The number of rotatable bonds is 4. The van der Waals surface area contributed by atoms with Gasteiger partial charge in [-0.15, -0.1) is 0 Å². The molecule has 6 nitrogen and oxygen atoms in total. The van der Waals surface area contributed by atoms with Crippen LogP contribution >= 0.6 is 0 Å². The molecule has 1 aliphatic rings. The Balaban J connectivity index is 1.89. The molecular weight excluding hydrogens is 408 g/mol. The minimum absolute atomic E-state index is 0.125. The van der Waals surface area contributed by atoms with Gasteiger partial charge in [0, 0.05) is 25.7 Å². The SMILES string of the molecule is Cc1ccc(C)c(S(=O)(=O)N2CCN(S(=O)(=O)c3cc(C)ccc3C)C(C)C2)c1. The Hall–Kier alpha value is -1.74. The molecule has 29 heavy (non-hydrogen) atoms. The molecule has 8 heteroatoms. The van der Waals surface area contributed by atoms with Crippen LogP contribution in [-0.2, 0) is 20.0 Å². The highest BCUT2D eigenvalue weighted by Gasteiger charge is 2.38. The number of benzene rings is 2. The average molecular weight is 437 g/mol. The molecule has 0 saturated carbocycles. The van der Waals surface area contributed by atoms with E-state index in [0.717, 1.165) is 11.1 Å². The summed E-state index contributed by atoms with van der Waals surface area (Å²) < 4.78 is 55.7. The molecule has 0 bridgehead atoms. The lowest BCUT2D eigenvalue weighted by atomic mass is 10.2. The Morgan fingerprint density at radius 2 is 1.24 bits per heavy atom. The highest BCUT2D eigenvalue weighted by molar-refractivity contribution is 7.89. The van der Waals surface area contributed by atoms with E-state index < -0.39 is 26.1 Å². The van der Waals surface area contributed by atoms with Crippen molar-refractivity contribution in [1.82, 2.24) is 8.61 Å². The highest BCUT2D eigenvalue weighted by atomic mass is 32.2. The molecule has 1 aliphatic heterocycles. The van der Waals surface area contributed by atoms with Gasteiger partial charge in [-0.25, -0.2) is 16.8 Å². The number of aryl methyl sites for hydroxylation is 4. The molecule has 158 valence electrons. The Morgan fingerprint density at radius 3 is 1.72 bits per heavy atom. The third kappa shape index (κ3) is 4.12. The standard InChI is InChI=1S/C21H28N2O4S2/c1-15-6-8-17(3)20(12-15)28(24,25)22-10-11-23(19(5)14-22)29(26,27)21-13-16(2)7-9-18(21)4/h6-9,12-13,19H,10-11,14H2,1-5H3. The number of nitrogens with zero attached hydrogens (tertiary/aromatic N) is 2. The third-order valence-electron chi connectivity index (χ3n) is 5.42. The molecule has 0 spiro atoms. The third-order valence-corrected chi connectivity index (χ3v) is 9.58. The molecule has 2 aromatic rings. The van der Waals surface area contributed by atoms with E-state index in [9.17, 15) is 16.8 Å². The van der Waals surface area contributed by atoms with E-state index in [-0.39, 0.29) is 29.4 Å². The van der Waals surface area contributed by atoms with E-state index in [0.29, 0.717) is 11.1 Å². The van der Waals surface area contributed by atoms with E-state index in [1.807, 2.05) is 26.0 Å². The molecule has 0 radical (unpaired) electrons. The first kappa shape index (κ1) is 22.0. The second-order valence-corrected chi connectivity index (χ2v) is 11.6. The van der Waals surface area contributed by atoms with Gasteiger partial charge in [-0.3, -0.25) is 0 Å². The Kier molecular flexibility index (Phi) is 5.93. The van der Waals surface area contributed by atoms with Crippen LogP contribution in [0.1, 0.15) is 29.2 Å². The molecule has 1 atom stereocenters. The number of hydrogen-bond acceptors (Lipinski definition) is 4.